The zero-order chi connectivity index (χ0) is 13.8. The summed E-state index contributed by atoms with van der Waals surface area (Å²) in [6.45, 7) is 0. The molecular weight excluding hydrogens is 262 g/mol. The van der Waals surface area contributed by atoms with Crippen LogP contribution >= 0.6 is 11.6 Å². The Kier molecular flexibility index (Phi) is 4.43. The van der Waals surface area contributed by atoms with Gasteiger partial charge in [-0.1, -0.05) is 35.9 Å². The van der Waals surface area contributed by atoms with Gasteiger partial charge < -0.3 is 15.6 Å². The maximum atomic E-state index is 10.3. The van der Waals surface area contributed by atoms with Crippen LogP contribution in [0.25, 0.3) is 0 Å². The summed E-state index contributed by atoms with van der Waals surface area (Å²) in [6.07, 6.45) is -0.799. The van der Waals surface area contributed by atoms with Crippen LogP contribution in [-0.2, 0) is 0 Å². The van der Waals surface area contributed by atoms with E-state index in [4.69, 9.17) is 22.1 Å². The van der Waals surface area contributed by atoms with Crippen molar-refractivity contribution in [3.05, 3.63) is 64.7 Å². The minimum atomic E-state index is -0.799. The zero-order valence-electron chi connectivity index (χ0n) is 10.6. The molecule has 0 amide bonds. The van der Waals surface area contributed by atoms with E-state index in [-0.39, 0.29) is 0 Å². The second-order valence-electron chi connectivity index (χ2n) is 4.30. The van der Waals surface area contributed by atoms with E-state index < -0.39 is 12.1 Å². The number of rotatable bonds is 4. The van der Waals surface area contributed by atoms with Crippen molar-refractivity contribution in [2.75, 3.05) is 7.11 Å². The Morgan fingerprint density at radius 3 is 2.37 bits per heavy atom. The van der Waals surface area contributed by atoms with Gasteiger partial charge in [-0.05, 0) is 35.4 Å². The first-order chi connectivity index (χ1) is 9.11. The van der Waals surface area contributed by atoms with Gasteiger partial charge in [0.2, 0.25) is 0 Å². The van der Waals surface area contributed by atoms with E-state index in [1.807, 2.05) is 24.3 Å². The van der Waals surface area contributed by atoms with Crippen molar-refractivity contribution < 1.29 is 9.84 Å². The number of benzene rings is 2. The fourth-order valence-corrected chi connectivity index (χ4v) is 2.11. The Morgan fingerprint density at radius 1 is 1.11 bits per heavy atom. The topological polar surface area (TPSA) is 55.5 Å². The number of hydrogen-bond acceptors (Lipinski definition) is 3. The lowest BCUT2D eigenvalue weighted by Gasteiger charge is -2.20. The Labute approximate surface area is 117 Å². The van der Waals surface area contributed by atoms with E-state index in [2.05, 4.69) is 0 Å². The van der Waals surface area contributed by atoms with Crippen molar-refractivity contribution >= 4 is 11.6 Å². The minimum Gasteiger partial charge on any atom is -0.497 e. The molecule has 2 aromatic carbocycles. The SMILES string of the molecule is COc1ccc([C@@H](N)[C@H](O)c2cccc(Cl)c2)cc1. The molecule has 0 fully saturated rings. The van der Waals surface area contributed by atoms with E-state index in [9.17, 15) is 5.11 Å². The van der Waals surface area contributed by atoms with Gasteiger partial charge in [0.05, 0.1) is 19.3 Å². The summed E-state index contributed by atoms with van der Waals surface area (Å²) in [6, 6.07) is 13.9. The van der Waals surface area contributed by atoms with Crippen LogP contribution in [0.5, 0.6) is 5.75 Å². The van der Waals surface area contributed by atoms with Crippen LogP contribution in [0.15, 0.2) is 48.5 Å². The largest absolute Gasteiger partial charge is 0.497 e. The van der Waals surface area contributed by atoms with Crippen molar-refractivity contribution in [3.8, 4) is 5.75 Å². The molecule has 0 radical (unpaired) electrons. The molecule has 0 bridgehead atoms. The smallest absolute Gasteiger partial charge is 0.118 e. The summed E-state index contributed by atoms with van der Waals surface area (Å²) in [7, 11) is 1.61. The van der Waals surface area contributed by atoms with Crippen LogP contribution in [0.2, 0.25) is 5.02 Å². The number of halogens is 1. The quantitative estimate of drug-likeness (QED) is 0.903. The highest BCUT2D eigenvalue weighted by atomic mass is 35.5. The summed E-state index contributed by atoms with van der Waals surface area (Å²) in [5, 5.41) is 10.9. The molecule has 2 atom stereocenters. The van der Waals surface area contributed by atoms with Gasteiger partial charge in [-0.3, -0.25) is 0 Å². The Hall–Kier alpha value is -1.55. The number of methoxy groups -OCH3 is 1. The predicted molar refractivity (Wildman–Crippen MR) is 76.3 cm³/mol. The first kappa shape index (κ1) is 13.9. The number of aliphatic hydroxyl groups excluding tert-OH is 1. The fraction of sp³-hybridized carbons (Fsp3) is 0.200. The van der Waals surface area contributed by atoms with Crippen molar-refractivity contribution in [2.24, 2.45) is 5.73 Å². The standard InChI is InChI=1S/C15H16ClNO2/c1-19-13-7-5-10(6-8-13)14(17)15(18)11-3-2-4-12(16)9-11/h2-9,14-15,18H,17H2,1H3/t14-,15-/m1/s1. The molecule has 4 heteroatoms. The van der Waals surface area contributed by atoms with Crippen LogP contribution in [0.1, 0.15) is 23.3 Å². The molecule has 100 valence electrons. The molecule has 0 aromatic heterocycles. The van der Waals surface area contributed by atoms with E-state index in [0.717, 1.165) is 11.3 Å². The molecule has 2 aromatic rings. The van der Waals surface area contributed by atoms with Gasteiger partial charge in [-0.15, -0.1) is 0 Å². The average molecular weight is 278 g/mol. The molecule has 19 heavy (non-hydrogen) atoms. The molecule has 0 heterocycles. The number of ether oxygens (including phenoxy) is 1. The van der Waals surface area contributed by atoms with Crippen molar-refractivity contribution in [3.63, 3.8) is 0 Å². The van der Waals surface area contributed by atoms with Crippen molar-refractivity contribution in [1.82, 2.24) is 0 Å². The van der Waals surface area contributed by atoms with E-state index in [1.54, 1.807) is 31.4 Å². The maximum Gasteiger partial charge on any atom is 0.118 e. The molecular formula is C15H16ClNO2. The summed E-state index contributed by atoms with van der Waals surface area (Å²) in [5.41, 5.74) is 7.62. The average Bonchev–Trinajstić information content (AvgIpc) is 2.46. The number of nitrogens with two attached hydrogens (primary N) is 1. The highest BCUT2D eigenvalue weighted by Gasteiger charge is 2.18. The molecule has 0 aliphatic rings. The summed E-state index contributed by atoms with van der Waals surface area (Å²) in [5.74, 6) is 0.758. The van der Waals surface area contributed by atoms with Crippen LogP contribution in [0.3, 0.4) is 0 Å². The number of hydrogen-bond donors (Lipinski definition) is 2. The molecule has 3 nitrogen and oxygen atoms in total. The molecule has 0 saturated heterocycles. The van der Waals surface area contributed by atoms with Crippen molar-refractivity contribution in [1.29, 1.82) is 0 Å². The fourth-order valence-electron chi connectivity index (χ4n) is 1.91. The number of aliphatic hydroxyl groups is 1. The summed E-state index contributed by atoms with van der Waals surface area (Å²) >= 11 is 5.91. The van der Waals surface area contributed by atoms with Gasteiger partial charge in [0.15, 0.2) is 0 Å². The van der Waals surface area contributed by atoms with Crippen LogP contribution in [-0.4, -0.2) is 12.2 Å². The second-order valence-corrected chi connectivity index (χ2v) is 4.74. The lowest BCUT2D eigenvalue weighted by molar-refractivity contribution is 0.147. The van der Waals surface area contributed by atoms with E-state index in [0.29, 0.717) is 10.6 Å². The van der Waals surface area contributed by atoms with Gasteiger partial charge in [0.1, 0.15) is 5.75 Å². The first-order valence-electron chi connectivity index (χ1n) is 5.95. The summed E-state index contributed by atoms with van der Waals surface area (Å²) < 4.78 is 5.09. The van der Waals surface area contributed by atoms with Crippen LogP contribution < -0.4 is 10.5 Å². The normalized spacial score (nSPS) is 13.9. The Balaban J connectivity index is 2.20. The lowest BCUT2D eigenvalue weighted by Crippen LogP contribution is -2.19. The Morgan fingerprint density at radius 2 is 1.79 bits per heavy atom. The Bertz CT molecular complexity index is 542. The van der Waals surface area contributed by atoms with Crippen LogP contribution in [0, 0.1) is 0 Å². The lowest BCUT2D eigenvalue weighted by atomic mass is 9.96. The molecule has 0 aliphatic heterocycles. The maximum absolute atomic E-state index is 10.3. The van der Waals surface area contributed by atoms with Crippen molar-refractivity contribution in [2.45, 2.75) is 12.1 Å². The molecule has 0 spiro atoms. The molecule has 0 aliphatic carbocycles. The van der Waals surface area contributed by atoms with E-state index in [1.165, 1.54) is 0 Å². The first-order valence-corrected chi connectivity index (χ1v) is 6.32. The monoisotopic (exact) mass is 277 g/mol. The van der Waals surface area contributed by atoms with Gasteiger partial charge in [-0.2, -0.15) is 0 Å². The van der Waals surface area contributed by atoms with E-state index >= 15 is 0 Å². The third-order valence-electron chi connectivity index (χ3n) is 3.03. The third kappa shape index (κ3) is 3.26. The zero-order valence-corrected chi connectivity index (χ0v) is 11.3. The molecule has 0 unspecified atom stereocenters. The minimum absolute atomic E-state index is 0.510. The highest BCUT2D eigenvalue weighted by molar-refractivity contribution is 6.30. The van der Waals surface area contributed by atoms with Crippen LogP contribution in [0.4, 0.5) is 0 Å². The third-order valence-corrected chi connectivity index (χ3v) is 3.27. The molecule has 0 saturated carbocycles. The highest BCUT2D eigenvalue weighted by Crippen LogP contribution is 2.28. The predicted octanol–water partition coefficient (Wildman–Crippen LogP) is 3.08. The summed E-state index contributed by atoms with van der Waals surface area (Å²) in [4.78, 5) is 0. The van der Waals surface area contributed by atoms with Gasteiger partial charge >= 0.3 is 0 Å². The molecule has 3 N–H and O–H groups in total. The second kappa shape index (κ2) is 6.06. The molecule has 2 rings (SSSR count). The van der Waals surface area contributed by atoms with Gasteiger partial charge in [0, 0.05) is 5.02 Å². The van der Waals surface area contributed by atoms with Gasteiger partial charge in [0.25, 0.3) is 0 Å². The van der Waals surface area contributed by atoms with Gasteiger partial charge in [-0.25, -0.2) is 0 Å².